The van der Waals surface area contributed by atoms with Crippen LogP contribution in [0.3, 0.4) is 0 Å². The summed E-state index contributed by atoms with van der Waals surface area (Å²) in [6.45, 7) is 2.85. The van der Waals surface area contributed by atoms with Crippen LogP contribution in [0.1, 0.15) is 12.8 Å². The van der Waals surface area contributed by atoms with Crippen LogP contribution in [-0.2, 0) is 4.79 Å². The van der Waals surface area contributed by atoms with Gasteiger partial charge in [0.1, 0.15) is 0 Å². The molecule has 2 heterocycles. The lowest BCUT2D eigenvalue weighted by Gasteiger charge is -2.21. The van der Waals surface area contributed by atoms with Crippen molar-refractivity contribution in [3.8, 4) is 0 Å². The fraction of sp³-hybridized carbons (Fsp3) is 0.857. The van der Waals surface area contributed by atoms with Crippen LogP contribution in [0.2, 0.25) is 0 Å². The van der Waals surface area contributed by atoms with Crippen LogP contribution < -0.4 is 5.48 Å². The molecule has 0 aromatic carbocycles. The van der Waals surface area contributed by atoms with Gasteiger partial charge in [0.05, 0.1) is 5.41 Å². The zero-order valence-corrected chi connectivity index (χ0v) is 6.34. The quantitative estimate of drug-likeness (QED) is 0.401. The maximum atomic E-state index is 11.2. The maximum absolute atomic E-state index is 11.2. The molecule has 0 atom stereocenters. The van der Waals surface area contributed by atoms with Crippen molar-refractivity contribution in [2.75, 3.05) is 19.6 Å². The highest BCUT2D eigenvalue weighted by molar-refractivity contribution is 5.82. The van der Waals surface area contributed by atoms with E-state index in [9.17, 15) is 4.79 Å². The Kier molecular flexibility index (Phi) is 1.40. The topological polar surface area (TPSA) is 52.6 Å². The Morgan fingerprint density at radius 1 is 1.45 bits per heavy atom. The van der Waals surface area contributed by atoms with E-state index in [1.54, 1.807) is 5.48 Å². The first-order chi connectivity index (χ1) is 5.27. The van der Waals surface area contributed by atoms with E-state index in [4.69, 9.17) is 5.21 Å². The summed E-state index contributed by atoms with van der Waals surface area (Å²) in [7, 11) is 0. The number of carbonyl (C=O) groups is 1. The molecule has 2 saturated heterocycles. The average molecular weight is 156 g/mol. The molecule has 2 aliphatic rings. The number of hydroxylamine groups is 1. The Morgan fingerprint density at radius 2 is 2.09 bits per heavy atom. The second-order valence-corrected chi connectivity index (χ2v) is 3.50. The number of hydrogen-bond acceptors (Lipinski definition) is 3. The molecule has 0 aromatic rings. The highest BCUT2D eigenvalue weighted by Gasteiger charge is 2.49. The predicted molar refractivity (Wildman–Crippen MR) is 38.0 cm³/mol. The lowest BCUT2D eigenvalue weighted by atomic mass is 9.84. The second kappa shape index (κ2) is 2.19. The molecule has 2 bridgehead atoms. The fourth-order valence-electron chi connectivity index (χ4n) is 2.14. The molecule has 0 spiro atoms. The Labute approximate surface area is 65.1 Å². The van der Waals surface area contributed by atoms with Gasteiger partial charge >= 0.3 is 0 Å². The largest absolute Gasteiger partial charge is 0.302 e. The SMILES string of the molecule is O=C(NO)C12CCN(CC1)C2. The summed E-state index contributed by atoms with van der Waals surface area (Å²) in [4.78, 5) is 13.5. The lowest BCUT2D eigenvalue weighted by molar-refractivity contribution is -0.138. The van der Waals surface area contributed by atoms with E-state index < -0.39 is 0 Å². The molecule has 0 unspecified atom stereocenters. The number of rotatable bonds is 1. The molecule has 2 N–H and O–H groups in total. The number of nitrogens with one attached hydrogen (secondary N) is 1. The first kappa shape index (κ1) is 7.06. The second-order valence-electron chi connectivity index (χ2n) is 3.50. The van der Waals surface area contributed by atoms with E-state index in [-0.39, 0.29) is 11.3 Å². The summed E-state index contributed by atoms with van der Waals surface area (Å²) in [6.07, 6.45) is 1.80. The minimum Gasteiger partial charge on any atom is -0.302 e. The van der Waals surface area contributed by atoms with Gasteiger partial charge in [-0.1, -0.05) is 0 Å². The number of nitrogens with zero attached hydrogens (tertiary/aromatic N) is 1. The lowest BCUT2D eigenvalue weighted by Crippen LogP contribution is -2.38. The molecule has 0 saturated carbocycles. The van der Waals surface area contributed by atoms with Crippen LogP contribution >= 0.6 is 0 Å². The third kappa shape index (κ3) is 0.862. The Morgan fingerprint density at radius 3 is 2.45 bits per heavy atom. The van der Waals surface area contributed by atoms with Gasteiger partial charge in [0.2, 0.25) is 0 Å². The maximum Gasteiger partial charge on any atom is 0.250 e. The van der Waals surface area contributed by atoms with Gasteiger partial charge in [0.25, 0.3) is 5.91 Å². The van der Waals surface area contributed by atoms with Crippen LogP contribution in [0.15, 0.2) is 0 Å². The minimum absolute atomic E-state index is 0.197. The molecule has 2 aliphatic heterocycles. The summed E-state index contributed by atoms with van der Waals surface area (Å²) >= 11 is 0. The number of piperidine rings is 1. The smallest absolute Gasteiger partial charge is 0.250 e. The van der Waals surface area contributed by atoms with Crippen LogP contribution in [0.4, 0.5) is 0 Å². The Balaban J connectivity index is 2.16. The first-order valence-electron chi connectivity index (χ1n) is 3.94. The van der Waals surface area contributed by atoms with Crippen molar-refractivity contribution < 1.29 is 10.0 Å². The zero-order valence-electron chi connectivity index (χ0n) is 6.34. The molecule has 0 aromatic heterocycles. The molecule has 4 nitrogen and oxygen atoms in total. The summed E-state index contributed by atoms with van der Waals surface area (Å²) in [5, 5.41) is 8.49. The van der Waals surface area contributed by atoms with Crippen molar-refractivity contribution >= 4 is 5.91 Å². The van der Waals surface area contributed by atoms with Gasteiger partial charge in [-0.2, -0.15) is 0 Å². The van der Waals surface area contributed by atoms with Crippen molar-refractivity contribution in [2.24, 2.45) is 5.41 Å². The highest BCUT2D eigenvalue weighted by Crippen LogP contribution is 2.40. The molecule has 1 amide bonds. The summed E-state index contributed by atoms with van der Waals surface area (Å²) < 4.78 is 0. The Hall–Kier alpha value is -0.610. The molecule has 62 valence electrons. The van der Waals surface area contributed by atoms with Crippen LogP contribution in [0.5, 0.6) is 0 Å². The predicted octanol–water partition coefficient (Wildman–Crippen LogP) is -0.412. The third-order valence-corrected chi connectivity index (χ3v) is 2.92. The summed E-state index contributed by atoms with van der Waals surface area (Å²) in [5.41, 5.74) is 1.50. The molecule has 0 radical (unpaired) electrons. The van der Waals surface area contributed by atoms with Crippen LogP contribution in [0.25, 0.3) is 0 Å². The van der Waals surface area contributed by atoms with Gasteiger partial charge in [-0.25, -0.2) is 5.48 Å². The van der Waals surface area contributed by atoms with E-state index >= 15 is 0 Å². The van der Waals surface area contributed by atoms with Gasteiger partial charge in [-0.3, -0.25) is 10.0 Å². The van der Waals surface area contributed by atoms with Crippen LogP contribution in [-0.4, -0.2) is 35.6 Å². The molecule has 2 rings (SSSR count). The number of amides is 1. The fourth-order valence-corrected chi connectivity index (χ4v) is 2.14. The summed E-state index contributed by atoms with van der Waals surface area (Å²) in [6, 6.07) is 0. The van der Waals surface area contributed by atoms with E-state index in [0.29, 0.717) is 0 Å². The average Bonchev–Trinajstić information content (AvgIpc) is 2.62. The van der Waals surface area contributed by atoms with Crippen molar-refractivity contribution in [3.05, 3.63) is 0 Å². The molecule has 4 heteroatoms. The monoisotopic (exact) mass is 156 g/mol. The standard InChI is InChI=1S/C7H12N2O2/c10-6(8-11)7-1-3-9(5-7)4-2-7/h11H,1-5H2,(H,8,10). The number of fused-ring (bicyclic) bond motifs is 2. The molecular weight excluding hydrogens is 144 g/mol. The molecule has 11 heavy (non-hydrogen) atoms. The Bertz CT molecular complexity index is 185. The van der Waals surface area contributed by atoms with Crippen molar-refractivity contribution in [3.63, 3.8) is 0 Å². The normalized spacial score (nSPS) is 41.0. The summed E-state index contributed by atoms with van der Waals surface area (Å²) in [5.74, 6) is -0.197. The van der Waals surface area contributed by atoms with E-state index in [2.05, 4.69) is 4.90 Å². The van der Waals surface area contributed by atoms with Crippen molar-refractivity contribution in [2.45, 2.75) is 12.8 Å². The molecular formula is C7H12N2O2. The number of carbonyl (C=O) groups excluding carboxylic acids is 1. The van der Waals surface area contributed by atoms with Gasteiger partial charge in [0, 0.05) is 6.54 Å². The van der Waals surface area contributed by atoms with Gasteiger partial charge in [0.15, 0.2) is 0 Å². The van der Waals surface area contributed by atoms with Crippen molar-refractivity contribution in [1.29, 1.82) is 0 Å². The van der Waals surface area contributed by atoms with Gasteiger partial charge in [-0.15, -0.1) is 0 Å². The van der Waals surface area contributed by atoms with Crippen molar-refractivity contribution in [1.82, 2.24) is 10.4 Å². The zero-order chi connectivity index (χ0) is 7.90. The van der Waals surface area contributed by atoms with E-state index in [1.165, 1.54) is 0 Å². The molecule has 2 fully saturated rings. The minimum atomic E-state index is -0.255. The van der Waals surface area contributed by atoms with Gasteiger partial charge < -0.3 is 4.90 Å². The van der Waals surface area contributed by atoms with Crippen LogP contribution in [0, 0.1) is 5.41 Å². The number of hydrogen-bond donors (Lipinski definition) is 2. The first-order valence-corrected chi connectivity index (χ1v) is 3.94. The van der Waals surface area contributed by atoms with E-state index in [0.717, 1.165) is 32.5 Å². The third-order valence-electron chi connectivity index (χ3n) is 2.92. The highest BCUT2D eigenvalue weighted by atomic mass is 16.5. The van der Waals surface area contributed by atoms with Gasteiger partial charge in [-0.05, 0) is 25.9 Å². The van der Waals surface area contributed by atoms with E-state index in [1.807, 2.05) is 0 Å². The molecule has 0 aliphatic carbocycles.